The van der Waals surface area contributed by atoms with Gasteiger partial charge in [-0.15, -0.1) is 0 Å². The monoisotopic (exact) mass is 202 g/mol. The lowest BCUT2D eigenvalue weighted by atomic mass is 9.94. The van der Waals surface area contributed by atoms with E-state index in [0.29, 0.717) is 11.2 Å². The van der Waals surface area contributed by atoms with E-state index in [4.69, 9.17) is 12.6 Å². The molecule has 1 aromatic rings. The largest absolute Gasteiger partial charge is 0.456 e. The Morgan fingerprint density at radius 1 is 1.53 bits per heavy atom. The number of carbonyl (C=O) groups excluding carboxylic acids is 1. The van der Waals surface area contributed by atoms with Crippen LogP contribution in [-0.2, 0) is 4.74 Å². The number of hydrogen-bond donors (Lipinski definition) is 0. The van der Waals surface area contributed by atoms with Gasteiger partial charge in [-0.3, -0.25) is 0 Å². The Bertz CT molecular complexity index is 366. The molecule has 0 aliphatic carbocycles. The minimum Gasteiger partial charge on any atom is -0.456 e. The minimum atomic E-state index is -0.482. The maximum absolute atomic E-state index is 11.6. The van der Waals surface area contributed by atoms with Crippen molar-refractivity contribution in [3.05, 3.63) is 17.8 Å². The van der Waals surface area contributed by atoms with Crippen molar-refractivity contribution in [3.63, 3.8) is 0 Å². The second kappa shape index (κ2) is 4.17. The standard InChI is InChI=1S/C10H14B2NO2/c1-10(2,3)15-9(14)7-5-8(11)13(6-7)12-4/h5-6H,1-4H3. The van der Waals surface area contributed by atoms with Gasteiger partial charge in [0.2, 0.25) is 7.41 Å². The van der Waals surface area contributed by atoms with E-state index in [9.17, 15) is 4.79 Å². The maximum atomic E-state index is 11.6. The average Bonchev–Trinajstić information content (AvgIpc) is 2.43. The Balaban J connectivity index is 2.83. The van der Waals surface area contributed by atoms with Gasteiger partial charge in [0.1, 0.15) is 13.4 Å². The van der Waals surface area contributed by atoms with Gasteiger partial charge in [0.25, 0.3) is 0 Å². The molecule has 15 heavy (non-hydrogen) atoms. The van der Waals surface area contributed by atoms with Crippen LogP contribution in [-0.4, -0.2) is 31.3 Å². The van der Waals surface area contributed by atoms with Crippen molar-refractivity contribution in [1.29, 1.82) is 0 Å². The summed E-state index contributed by atoms with van der Waals surface area (Å²) in [5.41, 5.74) is 0.517. The van der Waals surface area contributed by atoms with Gasteiger partial charge >= 0.3 is 5.97 Å². The average molecular weight is 202 g/mol. The Kier molecular flexibility index (Phi) is 3.32. The fraction of sp³-hybridized carbons (Fsp3) is 0.500. The summed E-state index contributed by atoms with van der Waals surface area (Å²) in [7, 11) is 7.46. The predicted octanol–water partition coefficient (Wildman–Crippen LogP) is 0.753. The number of nitrogens with zero attached hydrogens (tertiary/aromatic N) is 1. The number of carbonyl (C=O) groups is 1. The summed E-state index contributed by atoms with van der Waals surface area (Å²) in [6.07, 6.45) is 1.66. The highest BCUT2D eigenvalue weighted by atomic mass is 16.6. The smallest absolute Gasteiger partial charge is 0.340 e. The first-order valence-corrected chi connectivity index (χ1v) is 4.83. The molecule has 0 fully saturated rings. The van der Waals surface area contributed by atoms with Crippen LogP contribution in [0, 0.1) is 0 Å². The second-order valence-electron chi connectivity index (χ2n) is 4.32. The van der Waals surface area contributed by atoms with E-state index >= 15 is 0 Å². The van der Waals surface area contributed by atoms with Crippen molar-refractivity contribution in [2.75, 3.05) is 0 Å². The summed E-state index contributed by atoms with van der Waals surface area (Å²) in [6, 6.07) is 1.61. The molecule has 0 aromatic carbocycles. The summed E-state index contributed by atoms with van der Waals surface area (Å²) in [5, 5.41) is 0. The highest BCUT2D eigenvalue weighted by Crippen LogP contribution is 2.11. The predicted molar refractivity (Wildman–Crippen MR) is 62.0 cm³/mol. The van der Waals surface area contributed by atoms with E-state index in [1.54, 1.807) is 24.2 Å². The van der Waals surface area contributed by atoms with Crippen LogP contribution in [0.3, 0.4) is 0 Å². The van der Waals surface area contributed by atoms with Crippen LogP contribution in [0.15, 0.2) is 12.3 Å². The van der Waals surface area contributed by atoms with Gasteiger partial charge in [0.05, 0.1) is 5.56 Å². The van der Waals surface area contributed by atoms with Gasteiger partial charge in [-0.05, 0) is 32.4 Å². The van der Waals surface area contributed by atoms with Crippen LogP contribution < -0.4 is 5.59 Å². The molecule has 5 heteroatoms. The number of ether oxygens (including phenoxy) is 1. The normalized spacial score (nSPS) is 11.2. The third-order valence-electron chi connectivity index (χ3n) is 1.79. The molecular weight excluding hydrogens is 188 g/mol. The Morgan fingerprint density at radius 2 is 2.13 bits per heavy atom. The molecule has 0 saturated heterocycles. The van der Waals surface area contributed by atoms with Gasteiger partial charge in [0.15, 0.2) is 0 Å². The number of rotatable bonds is 2. The van der Waals surface area contributed by atoms with Crippen LogP contribution in [0.2, 0.25) is 6.82 Å². The lowest BCUT2D eigenvalue weighted by Crippen LogP contribution is -2.23. The van der Waals surface area contributed by atoms with Gasteiger partial charge in [-0.1, -0.05) is 6.82 Å². The fourth-order valence-corrected chi connectivity index (χ4v) is 1.17. The van der Waals surface area contributed by atoms with E-state index in [0.717, 1.165) is 0 Å². The molecule has 0 aliphatic heterocycles. The first-order valence-electron chi connectivity index (χ1n) is 4.83. The lowest BCUT2D eigenvalue weighted by Gasteiger charge is -2.18. The van der Waals surface area contributed by atoms with Crippen LogP contribution in [0.1, 0.15) is 31.1 Å². The number of hydrogen-bond acceptors (Lipinski definition) is 2. The van der Waals surface area contributed by atoms with Crippen molar-refractivity contribution < 1.29 is 9.53 Å². The highest BCUT2D eigenvalue weighted by molar-refractivity contribution is 6.40. The molecule has 0 amide bonds. The first-order chi connectivity index (χ1) is 6.83. The molecule has 0 N–H and O–H groups in total. The van der Waals surface area contributed by atoms with E-state index in [1.807, 2.05) is 27.6 Å². The second-order valence-corrected chi connectivity index (χ2v) is 4.32. The molecule has 0 spiro atoms. The lowest BCUT2D eigenvalue weighted by molar-refractivity contribution is 0.00697. The molecule has 1 rings (SSSR count). The summed E-state index contributed by atoms with van der Waals surface area (Å²) in [5.74, 6) is -0.352. The fourth-order valence-electron chi connectivity index (χ4n) is 1.17. The zero-order chi connectivity index (χ0) is 11.6. The molecule has 0 unspecified atom stereocenters. The molecule has 0 bridgehead atoms. The molecule has 0 aliphatic rings. The third kappa shape index (κ3) is 3.18. The van der Waals surface area contributed by atoms with Crippen molar-refractivity contribution in [1.82, 2.24) is 4.48 Å². The number of esters is 1. The van der Waals surface area contributed by atoms with Crippen LogP contribution >= 0.6 is 0 Å². The van der Waals surface area contributed by atoms with Crippen LogP contribution in [0.4, 0.5) is 0 Å². The summed E-state index contributed by atoms with van der Waals surface area (Å²) >= 11 is 0. The number of aromatic nitrogens is 1. The zero-order valence-corrected chi connectivity index (χ0v) is 9.57. The molecule has 1 heterocycles. The summed E-state index contributed by atoms with van der Waals surface area (Å²) < 4.78 is 6.89. The van der Waals surface area contributed by atoms with Crippen LogP contribution in [0.5, 0.6) is 0 Å². The maximum Gasteiger partial charge on any atom is 0.340 e. The summed E-state index contributed by atoms with van der Waals surface area (Å²) in [4.78, 5) is 11.6. The van der Waals surface area contributed by atoms with E-state index in [-0.39, 0.29) is 5.97 Å². The molecular formula is C10H14B2NO2. The Morgan fingerprint density at radius 3 is 2.53 bits per heavy atom. The molecule has 3 radical (unpaired) electrons. The van der Waals surface area contributed by atoms with E-state index in [1.165, 1.54) is 0 Å². The SMILES string of the molecule is [B]c1cc(C(=O)OC(C)(C)C)cn1[B]C. The quantitative estimate of drug-likeness (QED) is 0.523. The molecule has 77 valence electrons. The van der Waals surface area contributed by atoms with Crippen molar-refractivity contribution in [2.45, 2.75) is 33.2 Å². The zero-order valence-electron chi connectivity index (χ0n) is 9.57. The van der Waals surface area contributed by atoms with Gasteiger partial charge in [-0.25, -0.2) is 4.79 Å². The van der Waals surface area contributed by atoms with Gasteiger partial charge < -0.3 is 9.21 Å². The van der Waals surface area contributed by atoms with Crippen molar-refractivity contribution in [3.8, 4) is 0 Å². The van der Waals surface area contributed by atoms with Gasteiger partial charge in [-0.2, -0.15) is 0 Å². The van der Waals surface area contributed by atoms with Gasteiger partial charge in [0, 0.05) is 6.20 Å². The van der Waals surface area contributed by atoms with E-state index < -0.39 is 5.60 Å². The molecule has 1 aromatic heterocycles. The van der Waals surface area contributed by atoms with E-state index in [2.05, 4.69) is 0 Å². The third-order valence-corrected chi connectivity index (χ3v) is 1.79. The van der Waals surface area contributed by atoms with Crippen LogP contribution in [0.25, 0.3) is 0 Å². The van der Waals surface area contributed by atoms with Crippen molar-refractivity contribution >= 4 is 26.8 Å². The Labute approximate surface area is 92.5 Å². The highest BCUT2D eigenvalue weighted by Gasteiger charge is 2.18. The molecule has 0 atom stereocenters. The minimum absolute atomic E-state index is 0.352. The topological polar surface area (TPSA) is 31.2 Å². The van der Waals surface area contributed by atoms with Crippen molar-refractivity contribution in [2.24, 2.45) is 0 Å². The molecule has 3 nitrogen and oxygen atoms in total. The summed E-state index contributed by atoms with van der Waals surface area (Å²) in [6.45, 7) is 7.33. The molecule has 0 saturated carbocycles. The first kappa shape index (κ1) is 12.0. The Hall–Kier alpha value is -1.12.